The molecule has 28 heavy (non-hydrogen) atoms. The van der Waals surface area contributed by atoms with Crippen molar-refractivity contribution < 1.29 is 18.7 Å². The topological polar surface area (TPSA) is 51.7 Å². The van der Waals surface area contributed by atoms with Gasteiger partial charge in [-0.25, -0.2) is 14.2 Å². The molecule has 6 heteroatoms. The first-order valence-corrected chi connectivity index (χ1v) is 9.63. The summed E-state index contributed by atoms with van der Waals surface area (Å²) in [4.78, 5) is 18.7. The molecular formula is C22H25FN2O3. The van der Waals surface area contributed by atoms with Gasteiger partial charge >= 0.3 is 6.09 Å². The number of likely N-dealkylation sites (tertiary alicyclic amines) is 1. The molecule has 1 aromatic carbocycles. The molecule has 0 spiro atoms. The Kier molecular flexibility index (Phi) is 4.52. The average Bonchev–Trinajstić information content (AvgIpc) is 3.24. The molecule has 1 saturated heterocycles. The van der Waals surface area contributed by atoms with Gasteiger partial charge in [0.25, 0.3) is 0 Å². The van der Waals surface area contributed by atoms with Gasteiger partial charge in [-0.15, -0.1) is 0 Å². The van der Waals surface area contributed by atoms with Gasteiger partial charge in [0.2, 0.25) is 5.88 Å². The highest BCUT2D eigenvalue weighted by molar-refractivity contribution is 5.72. The number of pyridine rings is 1. The predicted molar refractivity (Wildman–Crippen MR) is 102 cm³/mol. The van der Waals surface area contributed by atoms with Gasteiger partial charge in [0, 0.05) is 12.1 Å². The van der Waals surface area contributed by atoms with E-state index in [0.29, 0.717) is 24.6 Å². The zero-order valence-electron chi connectivity index (χ0n) is 16.4. The smallest absolute Gasteiger partial charge is 0.411 e. The Balaban J connectivity index is 1.62. The molecule has 148 valence electrons. The van der Waals surface area contributed by atoms with Crippen LogP contribution in [0.4, 0.5) is 9.18 Å². The predicted octanol–water partition coefficient (Wildman–Crippen LogP) is 4.66. The molecule has 5 nitrogen and oxygen atoms in total. The molecule has 2 aliphatic rings. The number of nitrogens with zero attached hydrogens (tertiary/aromatic N) is 2. The minimum absolute atomic E-state index is 0.280. The molecule has 2 aromatic rings. The summed E-state index contributed by atoms with van der Waals surface area (Å²) in [6.45, 7) is 6.45. The number of amides is 1. The molecule has 2 atom stereocenters. The van der Waals surface area contributed by atoms with Crippen molar-refractivity contribution in [2.75, 3.05) is 6.54 Å². The van der Waals surface area contributed by atoms with Crippen molar-refractivity contribution >= 4 is 6.09 Å². The minimum Gasteiger partial charge on any atom is -0.473 e. The molecule has 0 N–H and O–H groups in total. The lowest BCUT2D eigenvalue weighted by Crippen LogP contribution is -2.42. The lowest BCUT2D eigenvalue weighted by Gasteiger charge is -2.32. The SMILES string of the molecule is CC(C)(C)OC(=O)N1CCC2CC21c1cc(F)cnc1OCc1ccccc1. The van der Waals surface area contributed by atoms with Crippen molar-refractivity contribution in [2.24, 2.45) is 5.92 Å². The van der Waals surface area contributed by atoms with E-state index in [1.807, 2.05) is 51.1 Å². The van der Waals surface area contributed by atoms with E-state index in [2.05, 4.69) is 4.98 Å². The van der Waals surface area contributed by atoms with Crippen LogP contribution >= 0.6 is 0 Å². The second-order valence-corrected chi connectivity index (χ2v) is 8.53. The summed E-state index contributed by atoms with van der Waals surface area (Å²) in [7, 11) is 0. The van der Waals surface area contributed by atoms with Crippen LogP contribution in [0.3, 0.4) is 0 Å². The highest BCUT2D eigenvalue weighted by Crippen LogP contribution is 2.64. The highest BCUT2D eigenvalue weighted by Gasteiger charge is 2.66. The summed E-state index contributed by atoms with van der Waals surface area (Å²) < 4.78 is 25.7. The van der Waals surface area contributed by atoms with Gasteiger partial charge in [0.15, 0.2) is 0 Å². The van der Waals surface area contributed by atoms with Crippen LogP contribution in [0, 0.1) is 11.7 Å². The number of benzene rings is 1. The van der Waals surface area contributed by atoms with Crippen molar-refractivity contribution in [1.29, 1.82) is 0 Å². The second-order valence-electron chi connectivity index (χ2n) is 8.53. The molecule has 1 amide bonds. The molecule has 2 unspecified atom stereocenters. The summed E-state index contributed by atoms with van der Waals surface area (Å²) >= 11 is 0. The number of hydrogen-bond acceptors (Lipinski definition) is 4. The van der Waals surface area contributed by atoms with Crippen molar-refractivity contribution in [3.63, 3.8) is 0 Å². The van der Waals surface area contributed by atoms with Crippen molar-refractivity contribution in [3.8, 4) is 5.88 Å². The molecule has 2 fully saturated rings. The van der Waals surface area contributed by atoms with Gasteiger partial charge in [-0.3, -0.25) is 4.90 Å². The first-order valence-electron chi connectivity index (χ1n) is 9.63. The molecule has 0 radical (unpaired) electrons. The van der Waals surface area contributed by atoms with Crippen LogP contribution in [0.15, 0.2) is 42.6 Å². The van der Waals surface area contributed by atoms with Gasteiger partial charge in [-0.1, -0.05) is 30.3 Å². The standard InChI is InChI=1S/C22H25FN2O3/c1-21(2,3)28-20(26)25-10-9-16-12-22(16,25)18-11-17(23)13-24-19(18)27-14-15-7-5-4-6-8-15/h4-8,11,13,16H,9-10,12,14H2,1-3H3. The molecule has 2 heterocycles. The van der Waals surface area contributed by atoms with Crippen LogP contribution in [0.5, 0.6) is 5.88 Å². The van der Waals surface area contributed by atoms with E-state index >= 15 is 0 Å². The molecule has 1 aromatic heterocycles. The summed E-state index contributed by atoms with van der Waals surface area (Å²) in [6, 6.07) is 11.2. The van der Waals surface area contributed by atoms with E-state index in [4.69, 9.17) is 9.47 Å². The van der Waals surface area contributed by atoms with Crippen molar-refractivity contribution in [2.45, 2.75) is 51.4 Å². The minimum atomic E-state index is -0.585. The molecule has 0 bridgehead atoms. The number of piperidine rings is 1. The fraction of sp³-hybridized carbons (Fsp3) is 0.455. The summed E-state index contributed by atoms with van der Waals surface area (Å²) in [5, 5.41) is 0. The number of rotatable bonds is 4. The van der Waals surface area contributed by atoms with Gasteiger partial charge in [-0.2, -0.15) is 0 Å². The molecule has 4 rings (SSSR count). The Bertz CT molecular complexity index is 881. The third-order valence-electron chi connectivity index (χ3n) is 5.37. The zero-order valence-corrected chi connectivity index (χ0v) is 16.4. The van der Waals surface area contributed by atoms with Crippen LogP contribution in [0.1, 0.15) is 44.7 Å². The lowest BCUT2D eigenvalue weighted by atomic mass is 10.0. The molecule has 1 saturated carbocycles. The fourth-order valence-corrected chi connectivity index (χ4v) is 4.10. The van der Waals surface area contributed by atoms with Gasteiger partial charge in [0.1, 0.15) is 18.0 Å². The van der Waals surface area contributed by atoms with Gasteiger partial charge in [-0.05, 0) is 51.2 Å². The summed E-state index contributed by atoms with van der Waals surface area (Å²) in [6.07, 6.45) is 2.43. The molecule has 1 aliphatic heterocycles. The lowest BCUT2D eigenvalue weighted by molar-refractivity contribution is 0.0166. The van der Waals surface area contributed by atoms with E-state index in [9.17, 15) is 9.18 Å². The maximum Gasteiger partial charge on any atom is 0.411 e. The van der Waals surface area contributed by atoms with E-state index < -0.39 is 17.0 Å². The van der Waals surface area contributed by atoms with E-state index in [1.54, 1.807) is 4.90 Å². The monoisotopic (exact) mass is 384 g/mol. The Morgan fingerprint density at radius 3 is 2.75 bits per heavy atom. The number of hydrogen-bond donors (Lipinski definition) is 0. The molecule has 1 aliphatic carbocycles. The second kappa shape index (κ2) is 6.76. The number of halogens is 1. The van der Waals surface area contributed by atoms with Crippen LogP contribution in [0.25, 0.3) is 0 Å². The Morgan fingerprint density at radius 2 is 2.07 bits per heavy atom. The zero-order chi connectivity index (χ0) is 19.9. The average molecular weight is 384 g/mol. The normalized spacial score (nSPS) is 23.3. The molecular weight excluding hydrogens is 359 g/mol. The Morgan fingerprint density at radius 1 is 1.32 bits per heavy atom. The van der Waals surface area contributed by atoms with Crippen LogP contribution in [0.2, 0.25) is 0 Å². The van der Waals surface area contributed by atoms with Crippen molar-refractivity contribution in [3.05, 3.63) is 59.5 Å². The first-order chi connectivity index (χ1) is 13.3. The fourth-order valence-electron chi connectivity index (χ4n) is 4.10. The number of carbonyl (C=O) groups is 1. The third kappa shape index (κ3) is 3.43. The number of aromatic nitrogens is 1. The number of carbonyl (C=O) groups excluding carboxylic acids is 1. The van der Waals surface area contributed by atoms with Crippen LogP contribution in [-0.2, 0) is 16.9 Å². The Hall–Kier alpha value is -2.63. The van der Waals surface area contributed by atoms with E-state index in [1.165, 1.54) is 6.07 Å². The van der Waals surface area contributed by atoms with Crippen LogP contribution < -0.4 is 4.74 Å². The third-order valence-corrected chi connectivity index (χ3v) is 5.37. The van der Waals surface area contributed by atoms with E-state index in [-0.39, 0.29) is 12.0 Å². The maximum atomic E-state index is 14.1. The number of fused-ring (bicyclic) bond motifs is 1. The largest absolute Gasteiger partial charge is 0.473 e. The highest BCUT2D eigenvalue weighted by atomic mass is 19.1. The summed E-state index contributed by atoms with van der Waals surface area (Å²) in [5.41, 5.74) is 0.471. The van der Waals surface area contributed by atoms with E-state index in [0.717, 1.165) is 24.6 Å². The quantitative estimate of drug-likeness (QED) is 0.770. The van der Waals surface area contributed by atoms with Gasteiger partial charge in [0.05, 0.1) is 11.7 Å². The van der Waals surface area contributed by atoms with Crippen molar-refractivity contribution in [1.82, 2.24) is 9.88 Å². The Labute approximate surface area is 164 Å². The van der Waals surface area contributed by atoms with Gasteiger partial charge < -0.3 is 9.47 Å². The van der Waals surface area contributed by atoms with Crippen LogP contribution in [-0.4, -0.2) is 28.1 Å². The summed E-state index contributed by atoms with van der Waals surface area (Å²) in [5.74, 6) is 0.226. The number of ether oxygens (including phenoxy) is 2. The maximum absolute atomic E-state index is 14.1. The first kappa shape index (κ1) is 18.7.